The zero-order valence-electron chi connectivity index (χ0n) is 13.2. The SMILES string of the molecule is COc1ccccc1Oc1ncnc(NCCc2cccs2)c1N. The molecule has 3 N–H and O–H groups in total. The lowest BCUT2D eigenvalue weighted by Crippen LogP contribution is -2.09. The van der Waals surface area contributed by atoms with E-state index in [0.717, 1.165) is 13.0 Å². The van der Waals surface area contributed by atoms with Gasteiger partial charge >= 0.3 is 0 Å². The monoisotopic (exact) mass is 342 g/mol. The number of nitrogens with two attached hydrogens (primary N) is 1. The van der Waals surface area contributed by atoms with Gasteiger partial charge in [0.15, 0.2) is 17.3 Å². The Balaban J connectivity index is 1.70. The first-order valence-corrected chi connectivity index (χ1v) is 8.33. The first kappa shape index (κ1) is 16.1. The number of nitrogens with one attached hydrogen (secondary N) is 1. The van der Waals surface area contributed by atoms with E-state index in [2.05, 4.69) is 26.7 Å². The minimum Gasteiger partial charge on any atom is -0.493 e. The first-order valence-electron chi connectivity index (χ1n) is 7.45. The zero-order chi connectivity index (χ0) is 16.8. The third kappa shape index (κ3) is 3.75. The van der Waals surface area contributed by atoms with Gasteiger partial charge in [0.1, 0.15) is 12.0 Å². The van der Waals surface area contributed by atoms with E-state index in [1.54, 1.807) is 24.5 Å². The molecule has 6 nitrogen and oxygen atoms in total. The van der Waals surface area contributed by atoms with Crippen molar-refractivity contribution in [2.45, 2.75) is 6.42 Å². The number of ether oxygens (including phenoxy) is 2. The average molecular weight is 342 g/mol. The molecule has 0 saturated carbocycles. The first-order chi connectivity index (χ1) is 11.8. The number of hydrogen-bond acceptors (Lipinski definition) is 7. The van der Waals surface area contributed by atoms with Crippen LogP contribution in [0.5, 0.6) is 17.4 Å². The average Bonchev–Trinajstić information content (AvgIpc) is 3.12. The van der Waals surface area contributed by atoms with Crippen LogP contribution in [0.1, 0.15) is 4.88 Å². The molecule has 0 spiro atoms. The molecule has 0 bridgehead atoms. The number of hydrogen-bond donors (Lipinski definition) is 2. The molecule has 2 aromatic heterocycles. The fourth-order valence-electron chi connectivity index (χ4n) is 2.17. The summed E-state index contributed by atoms with van der Waals surface area (Å²) < 4.78 is 11.1. The molecule has 2 heterocycles. The Morgan fingerprint density at radius 1 is 1.12 bits per heavy atom. The molecule has 0 saturated heterocycles. The smallest absolute Gasteiger partial charge is 0.248 e. The third-order valence-electron chi connectivity index (χ3n) is 3.37. The second kappa shape index (κ2) is 7.65. The van der Waals surface area contributed by atoms with Gasteiger partial charge in [-0.3, -0.25) is 0 Å². The summed E-state index contributed by atoms with van der Waals surface area (Å²) in [6.45, 7) is 0.732. The molecule has 3 aromatic rings. The molecule has 1 aromatic carbocycles. The lowest BCUT2D eigenvalue weighted by Gasteiger charge is -2.13. The summed E-state index contributed by atoms with van der Waals surface area (Å²) >= 11 is 1.73. The highest BCUT2D eigenvalue weighted by molar-refractivity contribution is 7.09. The van der Waals surface area contributed by atoms with Crippen molar-refractivity contribution in [2.24, 2.45) is 0 Å². The van der Waals surface area contributed by atoms with Crippen molar-refractivity contribution in [2.75, 3.05) is 24.7 Å². The fraction of sp³-hybridized carbons (Fsp3) is 0.176. The maximum atomic E-state index is 6.13. The van der Waals surface area contributed by atoms with Gasteiger partial charge in [-0.2, -0.15) is 4.98 Å². The molecule has 0 amide bonds. The number of methoxy groups -OCH3 is 1. The molecule has 3 rings (SSSR count). The lowest BCUT2D eigenvalue weighted by atomic mass is 10.3. The minimum absolute atomic E-state index is 0.299. The van der Waals surface area contributed by atoms with Crippen LogP contribution in [-0.4, -0.2) is 23.6 Å². The molecule has 24 heavy (non-hydrogen) atoms. The van der Waals surface area contributed by atoms with E-state index in [1.165, 1.54) is 11.2 Å². The van der Waals surface area contributed by atoms with Crippen molar-refractivity contribution in [3.8, 4) is 17.4 Å². The second-order valence-corrected chi connectivity index (χ2v) is 5.98. The van der Waals surface area contributed by atoms with Gasteiger partial charge in [-0.1, -0.05) is 18.2 Å². The van der Waals surface area contributed by atoms with Gasteiger partial charge in [-0.15, -0.1) is 11.3 Å². The molecule has 0 radical (unpaired) electrons. The minimum atomic E-state index is 0.299. The number of rotatable bonds is 7. The van der Waals surface area contributed by atoms with Crippen LogP contribution in [0.15, 0.2) is 48.1 Å². The number of nitrogens with zero attached hydrogens (tertiary/aromatic N) is 2. The van der Waals surface area contributed by atoms with Crippen LogP contribution in [0.2, 0.25) is 0 Å². The summed E-state index contributed by atoms with van der Waals surface area (Å²) in [5.74, 6) is 2.03. The van der Waals surface area contributed by atoms with E-state index >= 15 is 0 Å². The molecule has 0 aliphatic carbocycles. The number of benzene rings is 1. The molecule has 0 aliphatic rings. The maximum absolute atomic E-state index is 6.13. The van der Waals surface area contributed by atoms with E-state index in [0.29, 0.717) is 28.9 Å². The van der Waals surface area contributed by atoms with Gasteiger partial charge in [-0.25, -0.2) is 4.98 Å². The molecule has 0 atom stereocenters. The zero-order valence-corrected chi connectivity index (χ0v) is 14.0. The molecule has 7 heteroatoms. The van der Waals surface area contributed by atoms with Gasteiger partial charge in [-0.05, 0) is 30.0 Å². The van der Waals surface area contributed by atoms with Gasteiger partial charge in [0.2, 0.25) is 5.88 Å². The van der Waals surface area contributed by atoms with Crippen LogP contribution in [0, 0.1) is 0 Å². The highest BCUT2D eigenvalue weighted by Gasteiger charge is 2.12. The van der Waals surface area contributed by atoms with E-state index in [1.807, 2.05) is 24.3 Å². The summed E-state index contributed by atoms with van der Waals surface area (Å²) in [7, 11) is 1.59. The van der Waals surface area contributed by atoms with Crippen molar-refractivity contribution in [1.29, 1.82) is 0 Å². The van der Waals surface area contributed by atoms with Crippen LogP contribution in [0.25, 0.3) is 0 Å². The van der Waals surface area contributed by atoms with E-state index < -0.39 is 0 Å². The molecule has 0 aliphatic heterocycles. The van der Waals surface area contributed by atoms with Crippen molar-refractivity contribution in [3.05, 3.63) is 53.0 Å². The van der Waals surface area contributed by atoms with Crippen LogP contribution < -0.4 is 20.5 Å². The number of anilines is 2. The third-order valence-corrected chi connectivity index (χ3v) is 4.30. The summed E-state index contributed by atoms with van der Waals surface area (Å²) in [6, 6.07) is 11.5. The maximum Gasteiger partial charge on any atom is 0.248 e. The van der Waals surface area contributed by atoms with Gasteiger partial charge in [0.25, 0.3) is 0 Å². The van der Waals surface area contributed by atoms with Gasteiger partial charge in [0.05, 0.1) is 7.11 Å². The Hall–Kier alpha value is -2.80. The summed E-state index contributed by atoms with van der Waals surface area (Å²) in [5, 5.41) is 5.29. The predicted octanol–water partition coefficient (Wildman–Crippen LogP) is 3.58. The predicted molar refractivity (Wildman–Crippen MR) is 96.0 cm³/mol. The Morgan fingerprint density at radius 2 is 1.96 bits per heavy atom. The second-order valence-electron chi connectivity index (χ2n) is 4.95. The number of thiophene rings is 1. The lowest BCUT2D eigenvalue weighted by molar-refractivity contribution is 0.374. The normalized spacial score (nSPS) is 10.4. The highest BCUT2D eigenvalue weighted by atomic mass is 32.1. The fourth-order valence-corrected chi connectivity index (χ4v) is 2.88. The summed E-state index contributed by atoms with van der Waals surface area (Å²) in [4.78, 5) is 9.61. The molecule has 124 valence electrons. The van der Waals surface area contributed by atoms with Gasteiger partial charge < -0.3 is 20.5 Å². The van der Waals surface area contributed by atoms with Crippen LogP contribution in [0.4, 0.5) is 11.5 Å². The quantitative estimate of drug-likeness (QED) is 0.683. The highest BCUT2D eigenvalue weighted by Crippen LogP contribution is 2.34. The Labute approximate surface area is 144 Å². The van der Waals surface area contributed by atoms with Crippen molar-refractivity contribution < 1.29 is 9.47 Å². The molecule has 0 unspecified atom stereocenters. The number of aromatic nitrogens is 2. The summed E-state index contributed by atoms with van der Waals surface area (Å²) in [5.41, 5.74) is 6.50. The Bertz CT molecular complexity index is 793. The summed E-state index contributed by atoms with van der Waals surface area (Å²) in [6.07, 6.45) is 2.33. The van der Waals surface area contributed by atoms with Crippen molar-refractivity contribution >= 4 is 22.8 Å². The molecular formula is C17H18N4O2S. The number of nitrogen functional groups attached to an aromatic ring is 1. The van der Waals surface area contributed by atoms with Crippen LogP contribution >= 0.6 is 11.3 Å². The largest absolute Gasteiger partial charge is 0.493 e. The van der Waals surface area contributed by atoms with E-state index in [9.17, 15) is 0 Å². The van der Waals surface area contributed by atoms with Crippen molar-refractivity contribution in [3.63, 3.8) is 0 Å². The van der Waals surface area contributed by atoms with E-state index in [-0.39, 0.29) is 0 Å². The Kier molecular flexibility index (Phi) is 5.12. The van der Waals surface area contributed by atoms with Crippen LogP contribution in [-0.2, 0) is 6.42 Å². The van der Waals surface area contributed by atoms with E-state index in [4.69, 9.17) is 15.2 Å². The topological polar surface area (TPSA) is 82.3 Å². The molecule has 0 fully saturated rings. The standard InChI is InChI=1S/C17H18N4O2S/c1-22-13-6-2-3-7-14(13)23-17-15(18)16(20-11-21-17)19-9-8-12-5-4-10-24-12/h2-7,10-11H,8-9,18H2,1H3,(H,19,20,21). The molecular weight excluding hydrogens is 324 g/mol. The Morgan fingerprint density at radius 3 is 2.71 bits per heavy atom. The van der Waals surface area contributed by atoms with Crippen molar-refractivity contribution in [1.82, 2.24) is 9.97 Å². The van der Waals surface area contributed by atoms with Gasteiger partial charge in [0, 0.05) is 11.4 Å². The van der Waals surface area contributed by atoms with Crippen LogP contribution in [0.3, 0.4) is 0 Å². The number of para-hydroxylation sites is 2.